The highest BCUT2D eigenvalue weighted by molar-refractivity contribution is 5.54. The summed E-state index contributed by atoms with van der Waals surface area (Å²) >= 11 is 0. The first-order valence-corrected chi connectivity index (χ1v) is 3.99. The molecule has 0 aliphatic rings. The summed E-state index contributed by atoms with van der Waals surface area (Å²) in [6.07, 6.45) is 0. The van der Waals surface area contributed by atoms with Crippen LogP contribution in [0.4, 0.5) is 0 Å². The maximum atomic E-state index is 9.69. The topological polar surface area (TPSA) is 73.9 Å². The Morgan fingerprint density at radius 1 is 1.29 bits per heavy atom. The van der Waals surface area contributed by atoms with Crippen LogP contribution in [0.2, 0.25) is 0 Å². The van der Waals surface area contributed by atoms with Crippen LogP contribution in [0.25, 0.3) is 0 Å². The lowest BCUT2D eigenvalue weighted by Crippen LogP contribution is -2.00. The molecule has 0 heterocycles. The fourth-order valence-electron chi connectivity index (χ4n) is 1.16. The van der Waals surface area contributed by atoms with E-state index in [1.807, 2.05) is 0 Å². The molecule has 0 aliphatic carbocycles. The van der Waals surface area contributed by atoms with E-state index in [0.29, 0.717) is 11.3 Å². The van der Waals surface area contributed by atoms with Gasteiger partial charge < -0.3 is 14.6 Å². The van der Waals surface area contributed by atoms with Crippen LogP contribution in [0, 0.1) is 0 Å². The van der Waals surface area contributed by atoms with E-state index in [2.05, 4.69) is 4.84 Å². The molecule has 0 radical (unpaired) electrons. The van der Waals surface area contributed by atoms with Gasteiger partial charge >= 0.3 is 0 Å². The molecule has 1 aromatic rings. The second-order valence-electron chi connectivity index (χ2n) is 2.62. The Bertz CT molecular complexity index is 314. The minimum absolute atomic E-state index is 0.0164. The van der Waals surface area contributed by atoms with Crippen molar-refractivity contribution in [3.8, 4) is 17.2 Å². The molecule has 0 saturated heterocycles. The van der Waals surface area contributed by atoms with E-state index < -0.39 is 0 Å². The van der Waals surface area contributed by atoms with Gasteiger partial charge in [-0.15, -0.1) is 0 Å². The van der Waals surface area contributed by atoms with Gasteiger partial charge in [0.2, 0.25) is 5.75 Å². The summed E-state index contributed by atoms with van der Waals surface area (Å²) in [5.74, 6) is 5.64. The molecule has 1 rings (SSSR count). The number of phenolic OH excluding ortho intramolecular Hbond substituents is 1. The van der Waals surface area contributed by atoms with Gasteiger partial charge in [0.1, 0.15) is 0 Å². The highest BCUT2D eigenvalue weighted by atomic mass is 16.6. The largest absolute Gasteiger partial charge is 0.504 e. The number of phenols is 1. The molecule has 78 valence electrons. The summed E-state index contributed by atoms with van der Waals surface area (Å²) in [6, 6.07) is 3.33. The van der Waals surface area contributed by atoms with Crippen LogP contribution in [0.3, 0.4) is 0 Å². The highest BCUT2D eigenvalue weighted by Crippen LogP contribution is 2.38. The molecule has 3 N–H and O–H groups in total. The summed E-state index contributed by atoms with van der Waals surface area (Å²) in [4.78, 5) is 4.43. The average molecular weight is 199 g/mol. The zero-order valence-electron chi connectivity index (χ0n) is 8.11. The van der Waals surface area contributed by atoms with Gasteiger partial charge in [-0.25, -0.2) is 5.90 Å². The average Bonchev–Trinajstić information content (AvgIpc) is 2.21. The molecule has 0 fully saturated rings. The van der Waals surface area contributed by atoms with Gasteiger partial charge in [0.25, 0.3) is 0 Å². The maximum absolute atomic E-state index is 9.69. The highest BCUT2D eigenvalue weighted by Gasteiger charge is 2.13. The molecule has 0 atom stereocenters. The van der Waals surface area contributed by atoms with Gasteiger partial charge in [0.15, 0.2) is 11.5 Å². The number of nitrogens with two attached hydrogens (primary N) is 1. The van der Waals surface area contributed by atoms with E-state index in [4.69, 9.17) is 15.4 Å². The van der Waals surface area contributed by atoms with Crippen molar-refractivity contribution in [3.05, 3.63) is 17.7 Å². The van der Waals surface area contributed by atoms with Gasteiger partial charge in [-0.1, -0.05) is 0 Å². The van der Waals surface area contributed by atoms with Crippen LogP contribution in [-0.2, 0) is 11.4 Å². The molecule has 0 amide bonds. The lowest BCUT2D eigenvalue weighted by atomic mass is 10.2. The molecule has 0 spiro atoms. The predicted molar refractivity (Wildman–Crippen MR) is 50.2 cm³/mol. The summed E-state index contributed by atoms with van der Waals surface area (Å²) in [5, 5.41) is 9.69. The molecular weight excluding hydrogens is 186 g/mol. The van der Waals surface area contributed by atoms with E-state index >= 15 is 0 Å². The second kappa shape index (κ2) is 4.69. The van der Waals surface area contributed by atoms with E-state index in [-0.39, 0.29) is 18.1 Å². The van der Waals surface area contributed by atoms with Gasteiger partial charge in [-0.2, -0.15) is 0 Å². The summed E-state index contributed by atoms with van der Waals surface area (Å²) in [6.45, 7) is 0.117. The van der Waals surface area contributed by atoms with Crippen LogP contribution >= 0.6 is 0 Å². The third-order valence-electron chi connectivity index (χ3n) is 1.84. The molecule has 0 aliphatic heterocycles. The third kappa shape index (κ3) is 1.89. The summed E-state index contributed by atoms with van der Waals surface area (Å²) < 4.78 is 9.98. The van der Waals surface area contributed by atoms with Crippen LogP contribution in [0.5, 0.6) is 17.2 Å². The molecule has 5 nitrogen and oxygen atoms in total. The Kier molecular flexibility index (Phi) is 3.55. The van der Waals surface area contributed by atoms with Gasteiger partial charge in [-0.3, -0.25) is 4.84 Å². The van der Waals surface area contributed by atoms with Crippen molar-refractivity contribution >= 4 is 0 Å². The van der Waals surface area contributed by atoms with Crippen molar-refractivity contribution in [1.82, 2.24) is 0 Å². The van der Waals surface area contributed by atoms with E-state index in [9.17, 15) is 5.11 Å². The number of hydrogen-bond donors (Lipinski definition) is 2. The smallest absolute Gasteiger partial charge is 0.203 e. The van der Waals surface area contributed by atoms with Gasteiger partial charge in [-0.05, 0) is 12.1 Å². The van der Waals surface area contributed by atoms with Crippen molar-refractivity contribution in [1.29, 1.82) is 0 Å². The van der Waals surface area contributed by atoms with Crippen LogP contribution in [-0.4, -0.2) is 19.3 Å². The van der Waals surface area contributed by atoms with Crippen LogP contribution in [0.1, 0.15) is 5.56 Å². The Morgan fingerprint density at radius 2 is 2.00 bits per heavy atom. The molecule has 0 saturated carbocycles. The van der Waals surface area contributed by atoms with Crippen molar-refractivity contribution in [2.75, 3.05) is 14.2 Å². The summed E-state index contributed by atoms with van der Waals surface area (Å²) in [5.41, 5.74) is 0.546. The molecule has 0 aromatic heterocycles. The van der Waals surface area contributed by atoms with E-state index in [1.54, 1.807) is 12.1 Å². The Labute approximate surface area is 82.0 Å². The number of aromatic hydroxyl groups is 1. The standard InChI is InChI=1S/C9H13NO4/c1-12-7-4-3-6(5-14-10)8(11)9(7)13-2/h3-4,11H,5,10H2,1-2H3. The van der Waals surface area contributed by atoms with Crippen LogP contribution in [0.15, 0.2) is 12.1 Å². The zero-order chi connectivity index (χ0) is 10.6. The Balaban J connectivity index is 3.13. The number of hydrogen-bond acceptors (Lipinski definition) is 5. The van der Waals surface area contributed by atoms with Crippen molar-refractivity contribution in [2.24, 2.45) is 5.90 Å². The molecule has 0 unspecified atom stereocenters. The number of methoxy groups -OCH3 is 2. The molecular formula is C9H13NO4. The van der Waals surface area contributed by atoms with Gasteiger partial charge in [0.05, 0.1) is 20.8 Å². The van der Waals surface area contributed by atoms with Crippen molar-refractivity contribution in [3.63, 3.8) is 0 Å². The van der Waals surface area contributed by atoms with E-state index in [1.165, 1.54) is 14.2 Å². The summed E-state index contributed by atoms with van der Waals surface area (Å²) in [7, 11) is 2.95. The monoisotopic (exact) mass is 199 g/mol. The van der Waals surface area contributed by atoms with Crippen molar-refractivity contribution < 1.29 is 19.4 Å². The normalized spacial score (nSPS) is 9.93. The zero-order valence-corrected chi connectivity index (χ0v) is 8.11. The molecule has 1 aromatic carbocycles. The fraction of sp³-hybridized carbons (Fsp3) is 0.333. The van der Waals surface area contributed by atoms with Crippen molar-refractivity contribution in [2.45, 2.75) is 6.61 Å². The SMILES string of the molecule is COc1ccc(CON)c(O)c1OC. The minimum atomic E-state index is -0.0164. The molecule has 14 heavy (non-hydrogen) atoms. The molecule has 5 heteroatoms. The molecule has 0 bridgehead atoms. The number of benzene rings is 1. The Hall–Kier alpha value is -1.46. The maximum Gasteiger partial charge on any atom is 0.203 e. The number of rotatable bonds is 4. The first-order valence-electron chi connectivity index (χ1n) is 3.99. The third-order valence-corrected chi connectivity index (χ3v) is 1.84. The quantitative estimate of drug-likeness (QED) is 0.701. The lowest BCUT2D eigenvalue weighted by molar-refractivity contribution is 0.121. The lowest BCUT2D eigenvalue weighted by Gasteiger charge is -2.11. The fourth-order valence-corrected chi connectivity index (χ4v) is 1.16. The first kappa shape index (κ1) is 10.6. The van der Waals surface area contributed by atoms with Gasteiger partial charge in [0, 0.05) is 5.56 Å². The minimum Gasteiger partial charge on any atom is -0.504 e. The predicted octanol–water partition coefficient (Wildman–Crippen LogP) is 0.800. The van der Waals surface area contributed by atoms with E-state index in [0.717, 1.165) is 0 Å². The number of ether oxygens (including phenoxy) is 2. The first-order chi connectivity index (χ1) is 6.74. The van der Waals surface area contributed by atoms with Crippen LogP contribution < -0.4 is 15.4 Å². The Morgan fingerprint density at radius 3 is 2.50 bits per heavy atom. The second-order valence-corrected chi connectivity index (χ2v) is 2.62.